The molecule has 0 bridgehead atoms. The fraction of sp³-hybridized carbons (Fsp3) is 0.222. The summed E-state index contributed by atoms with van der Waals surface area (Å²) in [5, 5.41) is 12.9. The van der Waals surface area contributed by atoms with Gasteiger partial charge in [-0.3, -0.25) is 15.6 Å². The molecule has 0 aromatic heterocycles. The second-order valence-electron chi connectivity index (χ2n) is 5.35. The van der Waals surface area contributed by atoms with E-state index in [0.29, 0.717) is 0 Å². The molecule has 5 nitrogen and oxygen atoms in total. The highest BCUT2D eigenvalue weighted by Gasteiger charge is 2.09. The molecule has 1 amide bonds. The third kappa shape index (κ3) is 5.24. The number of amides is 1. The van der Waals surface area contributed by atoms with Gasteiger partial charge in [0.05, 0.1) is 5.56 Å². The van der Waals surface area contributed by atoms with Gasteiger partial charge in [-0.2, -0.15) is 0 Å². The summed E-state index contributed by atoms with van der Waals surface area (Å²) in [4.78, 5) is 11.9. The maximum absolute atomic E-state index is 11.9. The van der Waals surface area contributed by atoms with Gasteiger partial charge in [-0.15, -0.1) is 0 Å². The molecule has 0 saturated heterocycles. The van der Waals surface area contributed by atoms with Gasteiger partial charge in [0.1, 0.15) is 5.75 Å². The number of para-hydroxylation sites is 1. The molecule has 2 rings (SSSR count). The number of rotatable bonds is 5. The predicted octanol–water partition coefficient (Wildman–Crippen LogP) is 3.37. The number of aromatic hydroxyl groups is 1. The number of benzene rings is 2. The second-order valence-corrected chi connectivity index (χ2v) is 5.76. The van der Waals surface area contributed by atoms with Crippen molar-refractivity contribution in [2.45, 2.75) is 26.2 Å². The standard InChI is InChI=1S/C18H21N3O2S/c1-2-3-6-13-9-11-14(12-10-13)19-18(24)21-20-17(23)15-7-4-5-8-16(15)22/h4-5,7-12,22H,2-3,6H2,1H3,(H,20,23)(H2,19,21,24). The number of phenolic OH excluding ortho intramolecular Hbond substituents is 1. The van der Waals surface area contributed by atoms with Crippen LogP contribution in [0.1, 0.15) is 35.7 Å². The zero-order chi connectivity index (χ0) is 17.4. The first kappa shape index (κ1) is 17.7. The van der Waals surface area contributed by atoms with Gasteiger partial charge >= 0.3 is 0 Å². The lowest BCUT2D eigenvalue weighted by molar-refractivity contribution is 0.0941. The summed E-state index contributed by atoms with van der Waals surface area (Å²) in [5.41, 5.74) is 7.36. The lowest BCUT2D eigenvalue weighted by Gasteiger charge is -2.12. The Balaban J connectivity index is 1.83. The largest absolute Gasteiger partial charge is 0.507 e. The molecule has 0 radical (unpaired) electrons. The summed E-state index contributed by atoms with van der Waals surface area (Å²) in [6.45, 7) is 2.17. The Kier molecular flexibility index (Phi) is 6.57. The van der Waals surface area contributed by atoms with Gasteiger partial charge in [-0.1, -0.05) is 37.6 Å². The molecule has 0 heterocycles. The Morgan fingerprint density at radius 1 is 1.08 bits per heavy atom. The van der Waals surface area contributed by atoms with E-state index in [9.17, 15) is 9.90 Å². The van der Waals surface area contributed by atoms with E-state index in [1.54, 1.807) is 12.1 Å². The monoisotopic (exact) mass is 343 g/mol. The lowest BCUT2D eigenvalue weighted by Crippen LogP contribution is -2.43. The van der Waals surface area contributed by atoms with Crippen molar-refractivity contribution in [2.75, 3.05) is 5.32 Å². The maximum atomic E-state index is 11.9. The summed E-state index contributed by atoms with van der Waals surface area (Å²) in [6, 6.07) is 14.3. The zero-order valence-corrected chi connectivity index (χ0v) is 14.3. The van der Waals surface area contributed by atoms with Gasteiger partial charge in [0.15, 0.2) is 5.11 Å². The molecule has 0 aliphatic rings. The molecule has 4 N–H and O–H groups in total. The van der Waals surface area contributed by atoms with E-state index in [1.807, 2.05) is 12.1 Å². The van der Waals surface area contributed by atoms with Crippen LogP contribution in [-0.2, 0) is 6.42 Å². The first-order chi connectivity index (χ1) is 11.6. The van der Waals surface area contributed by atoms with Crippen molar-refractivity contribution in [1.29, 1.82) is 0 Å². The normalized spacial score (nSPS) is 10.0. The molecule has 24 heavy (non-hydrogen) atoms. The van der Waals surface area contributed by atoms with E-state index in [2.05, 4.69) is 35.2 Å². The van der Waals surface area contributed by atoms with Gasteiger partial charge in [0, 0.05) is 5.69 Å². The lowest BCUT2D eigenvalue weighted by atomic mass is 10.1. The van der Waals surface area contributed by atoms with Crippen molar-refractivity contribution >= 4 is 28.9 Å². The molecule has 0 atom stereocenters. The molecule has 2 aromatic rings. The number of hydrogen-bond acceptors (Lipinski definition) is 3. The Labute approximate surface area is 147 Å². The number of carbonyl (C=O) groups excluding carboxylic acids is 1. The third-order valence-corrected chi connectivity index (χ3v) is 3.67. The van der Waals surface area contributed by atoms with Crippen molar-refractivity contribution in [3.05, 3.63) is 59.7 Å². The number of nitrogens with one attached hydrogen (secondary N) is 3. The SMILES string of the molecule is CCCCc1ccc(NC(=S)NNC(=O)c2ccccc2O)cc1. The molecule has 0 saturated carbocycles. The summed E-state index contributed by atoms with van der Waals surface area (Å²) in [5.74, 6) is -0.550. The van der Waals surface area contributed by atoms with E-state index in [-0.39, 0.29) is 16.4 Å². The topological polar surface area (TPSA) is 73.4 Å². The number of unbranched alkanes of at least 4 members (excludes halogenated alkanes) is 1. The van der Waals surface area contributed by atoms with Crippen LogP contribution in [0.3, 0.4) is 0 Å². The van der Waals surface area contributed by atoms with Gasteiger partial charge in [0.2, 0.25) is 0 Å². The highest BCUT2D eigenvalue weighted by molar-refractivity contribution is 7.80. The van der Waals surface area contributed by atoms with E-state index in [4.69, 9.17) is 12.2 Å². The molecule has 2 aromatic carbocycles. The summed E-state index contributed by atoms with van der Waals surface area (Å²) < 4.78 is 0. The van der Waals surface area contributed by atoms with Crippen LogP contribution in [-0.4, -0.2) is 16.1 Å². The summed E-state index contributed by atoms with van der Waals surface area (Å²) in [6.07, 6.45) is 3.41. The van der Waals surface area contributed by atoms with Crippen molar-refractivity contribution in [1.82, 2.24) is 10.9 Å². The average molecular weight is 343 g/mol. The average Bonchev–Trinajstić information content (AvgIpc) is 2.59. The molecule has 0 fully saturated rings. The molecule has 6 heteroatoms. The quantitative estimate of drug-likeness (QED) is 0.495. The van der Waals surface area contributed by atoms with Gasteiger partial charge in [0.25, 0.3) is 5.91 Å². The Bertz CT molecular complexity index is 702. The fourth-order valence-corrected chi connectivity index (χ4v) is 2.31. The number of phenols is 1. The van der Waals surface area contributed by atoms with E-state index >= 15 is 0 Å². The minimum atomic E-state index is -0.466. The number of hydrazine groups is 1. The van der Waals surface area contributed by atoms with Crippen LogP contribution in [0.15, 0.2) is 48.5 Å². The van der Waals surface area contributed by atoms with Gasteiger partial charge in [-0.25, -0.2) is 0 Å². The number of hydrogen-bond donors (Lipinski definition) is 4. The van der Waals surface area contributed by atoms with Crippen LogP contribution in [0.5, 0.6) is 5.75 Å². The molecule has 0 unspecified atom stereocenters. The molecule has 126 valence electrons. The number of carbonyl (C=O) groups is 1. The highest BCUT2D eigenvalue weighted by Crippen LogP contribution is 2.15. The van der Waals surface area contributed by atoms with Crippen LogP contribution in [0, 0.1) is 0 Å². The molecular weight excluding hydrogens is 322 g/mol. The summed E-state index contributed by atoms with van der Waals surface area (Å²) in [7, 11) is 0. The second kappa shape index (κ2) is 8.88. The van der Waals surface area contributed by atoms with E-state index < -0.39 is 5.91 Å². The zero-order valence-electron chi connectivity index (χ0n) is 13.5. The smallest absolute Gasteiger partial charge is 0.273 e. The molecule has 0 aliphatic heterocycles. The van der Waals surface area contributed by atoms with Crippen LogP contribution in [0.4, 0.5) is 5.69 Å². The van der Waals surface area contributed by atoms with Gasteiger partial charge < -0.3 is 10.4 Å². The van der Waals surface area contributed by atoms with Crippen molar-refractivity contribution in [2.24, 2.45) is 0 Å². The first-order valence-corrected chi connectivity index (χ1v) is 8.25. The minimum absolute atomic E-state index is 0.0849. The van der Waals surface area contributed by atoms with Crippen molar-refractivity contribution in [3.8, 4) is 5.75 Å². The van der Waals surface area contributed by atoms with E-state index in [0.717, 1.165) is 12.1 Å². The molecule has 0 aliphatic carbocycles. The highest BCUT2D eigenvalue weighted by atomic mass is 32.1. The fourth-order valence-electron chi connectivity index (χ4n) is 2.14. The minimum Gasteiger partial charge on any atom is -0.507 e. The van der Waals surface area contributed by atoms with Crippen molar-refractivity contribution in [3.63, 3.8) is 0 Å². The van der Waals surface area contributed by atoms with Gasteiger partial charge in [-0.05, 0) is 54.9 Å². The predicted molar refractivity (Wildman–Crippen MR) is 100.0 cm³/mol. The third-order valence-electron chi connectivity index (χ3n) is 3.47. The van der Waals surface area contributed by atoms with E-state index in [1.165, 1.54) is 30.5 Å². The van der Waals surface area contributed by atoms with Crippen LogP contribution in [0.2, 0.25) is 0 Å². The van der Waals surface area contributed by atoms with Crippen LogP contribution < -0.4 is 16.2 Å². The Morgan fingerprint density at radius 3 is 2.46 bits per heavy atom. The van der Waals surface area contributed by atoms with Crippen molar-refractivity contribution < 1.29 is 9.90 Å². The first-order valence-electron chi connectivity index (χ1n) is 7.84. The Hall–Kier alpha value is -2.60. The number of anilines is 1. The summed E-state index contributed by atoms with van der Waals surface area (Å²) >= 11 is 5.14. The van der Waals surface area contributed by atoms with Crippen LogP contribution >= 0.6 is 12.2 Å². The molecular formula is C18H21N3O2S. The van der Waals surface area contributed by atoms with Crippen LogP contribution in [0.25, 0.3) is 0 Å². The number of thiocarbonyl (C=S) groups is 1. The Morgan fingerprint density at radius 2 is 1.79 bits per heavy atom. The maximum Gasteiger partial charge on any atom is 0.273 e. The number of aryl methyl sites for hydroxylation is 1. The molecule has 0 spiro atoms.